The van der Waals surface area contributed by atoms with Gasteiger partial charge in [0.2, 0.25) is 5.91 Å². The first-order valence-corrected chi connectivity index (χ1v) is 12.5. The summed E-state index contributed by atoms with van der Waals surface area (Å²) in [6, 6.07) is 15.4. The van der Waals surface area contributed by atoms with Crippen LogP contribution in [0.3, 0.4) is 0 Å². The van der Waals surface area contributed by atoms with Crippen molar-refractivity contribution < 1.29 is 23.6 Å². The van der Waals surface area contributed by atoms with E-state index in [1.54, 1.807) is 12.1 Å². The van der Waals surface area contributed by atoms with Crippen molar-refractivity contribution in [3.05, 3.63) is 65.2 Å². The summed E-state index contributed by atoms with van der Waals surface area (Å²) in [4.78, 5) is 38.6. The number of ether oxygens (including phenoxy) is 1. The smallest absolute Gasteiger partial charge is 0.339 e. The Morgan fingerprint density at radius 1 is 1.09 bits per heavy atom. The first kappa shape index (κ1) is 26.4. The fourth-order valence-corrected chi connectivity index (χ4v) is 4.98. The second-order valence-corrected chi connectivity index (χ2v) is 9.57. The molecule has 1 saturated heterocycles. The third-order valence-corrected chi connectivity index (χ3v) is 6.78. The number of methoxy groups -OCH3 is 1. The highest BCUT2D eigenvalue weighted by Crippen LogP contribution is 2.28. The minimum atomic E-state index is -0.487. The normalized spacial score (nSPS) is 19.6. The molecule has 1 aliphatic heterocycles. The standard InChI is InChI=1S/C28H37N3O4/c1-4-5-16-29-27(33)23-14-10-17-31(19-23,18-22-12-7-6-8-13-22)20-25(32)30-26-21(2)11-9-15-24(26)28(34)35-3/h6-9,11-13,15,23H,4-5,10,14,16-20H2,1-3H3,(H-,29,30,32,33,34)/p+1. The molecule has 0 bridgehead atoms. The molecule has 0 saturated carbocycles. The minimum Gasteiger partial charge on any atom is -0.465 e. The lowest BCUT2D eigenvalue weighted by molar-refractivity contribution is -0.940. The summed E-state index contributed by atoms with van der Waals surface area (Å²) in [5.41, 5.74) is 2.75. The lowest BCUT2D eigenvalue weighted by Gasteiger charge is -2.43. The molecule has 2 unspecified atom stereocenters. The van der Waals surface area contributed by atoms with E-state index < -0.39 is 5.97 Å². The van der Waals surface area contributed by atoms with E-state index in [0.29, 0.717) is 35.4 Å². The molecular weight excluding hydrogens is 442 g/mol. The Kier molecular flexibility index (Phi) is 9.43. The number of nitrogens with zero attached hydrogens (tertiary/aromatic N) is 1. The number of hydrogen-bond acceptors (Lipinski definition) is 4. The Morgan fingerprint density at radius 2 is 1.86 bits per heavy atom. The molecular formula is C28H38N3O4+. The van der Waals surface area contributed by atoms with Gasteiger partial charge >= 0.3 is 5.97 Å². The van der Waals surface area contributed by atoms with Gasteiger partial charge in [-0.25, -0.2) is 4.79 Å². The molecule has 2 amide bonds. The molecule has 1 aliphatic rings. The van der Waals surface area contributed by atoms with Crippen molar-refractivity contribution in [1.29, 1.82) is 0 Å². The first-order valence-electron chi connectivity index (χ1n) is 12.5. The Labute approximate surface area is 208 Å². The topological polar surface area (TPSA) is 84.5 Å². The van der Waals surface area contributed by atoms with Gasteiger partial charge in [0, 0.05) is 12.1 Å². The molecule has 3 rings (SSSR count). The Balaban J connectivity index is 1.82. The van der Waals surface area contributed by atoms with Crippen LogP contribution in [0.4, 0.5) is 5.69 Å². The van der Waals surface area contributed by atoms with Gasteiger partial charge < -0.3 is 19.9 Å². The van der Waals surface area contributed by atoms with Gasteiger partial charge in [-0.05, 0) is 37.8 Å². The van der Waals surface area contributed by atoms with Crippen LogP contribution in [0.5, 0.6) is 0 Å². The number of rotatable bonds is 10. The number of aryl methyl sites for hydroxylation is 1. The highest BCUT2D eigenvalue weighted by Gasteiger charge is 2.40. The van der Waals surface area contributed by atoms with Gasteiger partial charge in [0.1, 0.15) is 6.54 Å². The zero-order chi connectivity index (χ0) is 25.3. The maximum absolute atomic E-state index is 13.4. The average Bonchev–Trinajstić information content (AvgIpc) is 2.85. The SMILES string of the molecule is CCCCNC(=O)C1CCC[N+](CC(=O)Nc2c(C)cccc2C(=O)OC)(Cc2ccccc2)C1. The van der Waals surface area contributed by atoms with Crippen LogP contribution in [0, 0.1) is 12.8 Å². The summed E-state index contributed by atoms with van der Waals surface area (Å²) in [7, 11) is 1.33. The maximum Gasteiger partial charge on any atom is 0.339 e. The number of hydrogen-bond donors (Lipinski definition) is 2. The molecule has 0 spiro atoms. The number of anilines is 1. The van der Waals surface area contributed by atoms with Crippen LogP contribution in [-0.4, -0.2) is 55.6 Å². The predicted octanol–water partition coefficient (Wildman–Crippen LogP) is 4.06. The van der Waals surface area contributed by atoms with Gasteiger partial charge in [-0.15, -0.1) is 0 Å². The summed E-state index contributed by atoms with van der Waals surface area (Å²) in [6.07, 6.45) is 3.71. The third-order valence-electron chi connectivity index (χ3n) is 6.78. The molecule has 35 heavy (non-hydrogen) atoms. The van der Waals surface area contributed by atoms with Gasteiger partial charge in [-0.3, -0.25) is 9.59 Å². The number of para-hydroxylation sites is 1. The van der Waals surface area contributed by atoms with Crippen LogP contribution in [0.25, 0.3) is 0 Å². The van der Waals surface area contributed by atoms with E-state index in [1.807, 2.05) is 31.2 Å². The molecule has 2 aromatic carbocycles. The van der Waals surface area contributed by atoms with Crippen molar-refractivity contribution in [1.82, 2.24) is 5.32 Å². The van der Waals surface area contributed by atoms with Crippen molar-refractivity contribution in [3.63, 3.8) is 0 Å². The van der Waals surface area contributed by atoms with Gasteiger partial charge in [-0.1, -0.05) is 55.8 Å². The lowest BCUT2D eigenvalue weighted by atomic mass is 9.93. The summed E-state index contributed by atoms with van der Waals surface area (Å²) in [5.74, 6) is -0.700. The molecule has 7 heteroatoms. The lowest BCUT2D eigenvalue weighted by Crippen LogP contribution is -2.58. The van der Waals surface area contributed by atoms with Crippen LogP contribution in [0.2, 0.25) is 0 Å². The number of amides is 2. The molecule has 2 aromatic rings. The van der Waals surface area contributed by atoms with E-state index in [9.17, 15) is 14.4 Å². The summed E-state index contributed by atoms with van der Waals surface area (Å²) >= 11 is 0. The molecule has 188 valence electrons. The number of likely N-dealkylation sites (tertiary alicyclic amines) is 1. The number of quaternary nitrogens is 1. The van der Waals surface area contributed by atoms with E-state index in [-0.39, 0.29) is 24.3 Å². The Hall–Kier alpha value is -3.19. The van der Waals surface area contributed by atoms with Crippen LogP contribution in [0.15, 0.2) is 48.5 Å². The molecule has 1 heterocycles. The Morgan fingerprint density at radius 3 is 2.57 bits per heavy atom. The van der Waals surface area contributed by atoms with Crippen molar-refractivity contribution >= 4 is 23.5 Å². The summed E-state index contributed by atoms with van der Waals surface area (Å²) < 4.78 is 5.41. The highest BCUT2D eigenvalue weighted by molar-refractivity contribution is 6.02. The monoisotopic (exact) mass is 480 g/mol. The molecule has 0 aromatic heterocycles. The van der Waals surface area contributed by atoms with Crippen LogP contribution in [0.1, 0.15) is 54.1 Å². The van der Waals surface area contributed by atoms with Crippen molar-refractivity contribution in [3.8, 4) is 0 Å². The molecule has 2 N–H and O–H groups in total. The highest BCUT2D eigenvalue weighted by atomic mass is 16.5. The fourth-order valence-electron chi connectivity index (χ4n) is 4.98. The molecule has 2 atom stereocenters. The van der Waals surface area contributed by atoms with Gasteiger partial charge in [-0.2, -0.15) is 0 Å². The van der Waals surface area contributed by atoms with Gasteiger partial charge in [0.25, 0.3) is 5.91 Å². The molecule has 0 aliphatic carbocycles. The number of nitrogens with one attached hydrogen (secondary N) is 2. The van der Waals surface area contributed by atoms with Crippen molar-refractivity contribution in [2.75, 3.05) is 38.6 Å². The molecule has 7 nitrogen and oxygen atoms in total. The van der Waals surface area contributed by atoms with Crippen LogP contribution < -0.4 is 10.6 Å². The summed E-state index contributed by atoms with van der Waals surface area (Å²) in [6.45, 7) is 6.97. The minimum absolute atomic E-state index is 0.0843. The summed E-state index contributed by atoms with van der Waals surface area (Å²) in [5, 5.41) is 6.06. The average molecular weight is 481 g/mol. The maximum atomic E-state index is 13.4. The van der Waals surface area contributed by atoms with Crippen LogP contribution in [-0.2, 0) is 20.9 Å². The van der Waals surface area contributed by atoms with Crippen LogP contribution >= 0.6 is 0 Å². The number of unbranched alkanes of at least 4 members (excludes halogenated alkanes) is 1. The third kappa shape index (κ3) is 7.15. The largest absolute Gasteiger partial charge is 0.465 e. The van der Waals surface area contributed by atoms with E-state index in [0.717, 1.165) is 43.4 Å². The van der Waals surface area contributed by atoms with E-state index in [1.165, 1.54) is 7.11 Å². The number of benzene rings is 2. The molecule has 1 fully saturated rings. The van der Waals surface area contributed by atoms with Crippen molar-refractivity contribution in [2.45, 2.75) is 46.1 Å². The predicted molar refractivity (Wildman–Crippen MR) is 137 cm³/mol. The van der Waals surface area contributed by atoms with Gasteiger partial charge in [0.05, 0.1) is 37.4 Å². The number of piperidine rings is 1. The zero-order valence-corrected chi connectivity index (χ0v) is 21.1. The van der Waals surface area contributed by atoms with E-state index >= 15 is 0 Å². The first-order chi connectivity index (χ1) is 16.9. The quantitative estimate of drug-likeness (QED) is 0.305. The van der Waals surface area contributed by atoms with Gasteiger partial charge in [0.15, 0.2) is 6.54 Å². The Bertz CT molecular complexity index is 1020. The fraction of sp³-hybridized carbons (Fsp3) is 0.464. The number of esters is 1. The van der Waals surface area contributed by atoms with E-state index in [4.69, 9.17) is 4.74 Å². The zero-order valence-electron chi connectivity index (χ0n) is 21.1. The second-order valence-electron chi connectivity index (χ2n) is 9.57. The number of carbonyl (C=O) groups excluding carboxylic acids is 3. The second kappa shape index (κ2) is 12.5. The van der Waals surface area contributed by atoms with Crippen molar-refractivity contribution in [2.24, 2.45) is 5.92 Å². The van der Waals surface area contributed by atoms with E-state index in [2.05, 4.69) is 29.7 Å². The number of carbonyl (C=O) groups is 3. The molecule has 0 radical (unpaired) electrons.